The van der Waals surface area contributed by atoms with Crippen LogP contribution in [0.2, 0.25) is 0 Å². The third-order valence-electron chi connectivity index (χ3n) is 2.72. The zero-order valence-corrected chi connectivity index (χ0v) is 10.3. The lowest BCUT2D eigenvalue weighted by Crippen LogP contribution is -1.98. The highest BCUT2D eigenvalue weighted by Gasteiger charge is 2.06. The first-order valence-electron chi connectivity index (χ1n) is 5.90. The molecule has 1 rings (SSSR count). The Morgan fingerprint density at radius 2 is 2.27 bits per heavy atom. The van der Waals surface area contributed by atoms with E-state index in [1.54, 1.807) is 0 Å². The molecular weight excluding hydrogens is 204 g/mol. The molecule has 0 bridgehead atoms. The van der Waals surface area contributed by atoms with Crippen LogP contribution in [-0.2, 0) is 0 Å². The molecule has 0 unspecified atom stereocenters. The summed E-state index contributed by atoms with van der Waals surface area (Å²) in [5.74, 6) is 2.21. The maximum atomic E-state index is 8.64. The number of hydrogen-bond donors (Lipinski definition) is 1. The molecule has 2 heteroatoms. The van der Waals surface area contributed by atoms with Gasteiger partial charge in [-0.25, -0.2) is 0 Å². The van der Waals surface area contributed by atoms with Gasteiger partial charge in [0.15, 0.2) is 0 Å². The Morgan fingerprint density at radius 3 is 2.93 bits per heavy atom. The summed E-state index contributed by atoms with van der Waals surface area (Å²) in [5, 5.41) is 8.64. The largest absolute Gasteiger partial charge is 0.396 e. The fourth-order valence-electron chi connectivity index (χ4n) is 1.76. The lowest BCUT2D eigenvalue weighted by molar-refractivity contribution is 0.287. The van der Waals surface area contributed by atoms with Crippen molar-refractivity contribution in [2.45, 2.75) is 38.5 Å². The van der Waals surface area contributed by atoms with E-state index in [4.69, 9.17) is 5.11 Å². The van der Waals surface area contributed by atoms with Gasteiger partial charge in [-0.2, -0.15) is 11.8 Å². The standard InChI is InChI=1S/C13H22OS/c1-12(11-15-10-6-5-9-14)13-7-3-2-4-8-13/h7,14H,1-6,8-11H2. The van der Waals surface area contributed by atoms with Gasteiger partial charge in [-0.1, -0.05) is 12.7 Å². The van der Waals surface area contributed by atoms with Gasteiger partial charge in [0, 0.05) is 12.4 Å². The van der Waals surface area contributed by atoms with E-state index in [0.717, 1.165) is 24.3 Å². The topological polar surface area (TPSA) is 20.2 Å². The molecule has 86 valence electrons. The van der Waals surface area contributed by atoms with Gasteiger partial charge in [-0.05, 0) is 55.4 Å². The summed E-state index contributed by atoms with van der Waals surface area (Å²) >= 11 is 1.94. The van der Waals surface area contributed by atoms with Gasteiger partial charge in [0.2, 0.25) is 0 Å². The smallest absolute Gasteiger partial charge is 0.0431 e. The molecule has 1 N–H and O–H groups in total. The molecule has 0 aromatic heterocycles. The normalized spacial score (nSPS) is 16.2. The zero-order valence-electron chi connectivity index (χ0n) is 9.50. The van der Waals surface area contributed by atoms with E-state index in [0.29, 0.717) is 6.61 Å². The van der Waals surface area contributed by atoms with Crippen molar-refractivity contribution in [1.29, 1.82) is 0 Å². The van der Waals surface area contributed by atoms with Crippen LogP contribution in [0, 0.1) is 0 Å². The van der Waals surface area contributed by atoms with E-state index in [1.165, 1.54) is 36.8 Å². The lowest BCUT2D eigenvalue weighted by Gasteiger charge is -2.14. The fourth-order valence-corrected chi connectivity index (χ4v) is 2.75. The number of aliphatic hydroxyl groups is 1. The number of allylic oxidation sites excluding steroid dienone is 2. The third-order valence-corrected chi connectivity index (χ3v) is 3.85. The first-order chi connectivity index (χ1) is 7.34. The van der Waals surface area contributed by atoms with Crippen molar-refractivity contribution in [3.63, 3.8) is 0 Å². The van der Waals surface area contributed by atoms with Gasteiger partial charge >= 0.3 is 0 Å². The van der Waals surface area contributed by atoms with Gasteiger partial charge in [0.05, 0.1) is 0 Å². The van der Waals surface area contributed by atoms with E-state index < -0.39 is 0 Å². The maximum Gasteiger partial charge on any atom is 0.0431 e. The minimum atomic E-state index is 0.326. The minimum absolute atomic E-state index is 0.326. The molecule has 0 radical (unpaired) electrons. The summed E-state index contributed by atoms with van der Waals surface area (Å²) in [4.78, 5) is 0. The molecule has 0 saturated carbocycles. The summed E-state index contributed by atoms with van der Waals surface area (Å²) < 4.78 is 0. The van der Waals surface area contributed by atoms with Crippen molar-refractivity contribution in [2.24, 2.45) is 0 Å². The molecule has 0 aromatic carbocycles. The SMILES string of the molecule is C=C(CSCCCCO)C1=CCCCC1. The Bertz CT molecular complexity index is 221. The minimum Gasteiger partial charge on any atom is -0.396 e. The van der Waals surface area contributed by atoms with Gasteiger partial charge in [0.25, 0.3) is 0 Å². The van der Waals surface area contributed by atoms with Crippen LogP contribution in [0.25, 0.3) is 0 Å². The number of hydrogen-bond acceptors (Lipinski definition) is 2. The number of unbranched alkanes of at least 4 members (excludes halogenated alkanes) is 1. The van der Waals surface area contributed by atoms with Crippen molar-refractivity contribution in [2.75, 3.05) is 18.1 Å². The Labute approximate surface area is 97.7 Å². The van der Waals surface area contributed by atoms with Crippen LogP contribution in [0.5, 0.6) is 0 Å². The summed E-state index contributed by atoms with van der Waals surface area (Å²) in [6.07, 6.45) is 9.57. The second kappa shape index (κ2) is 8.00. The average molecular weight is 226 g/mol. The van der Waals surface area contributed by atoms with Crippen molar-refractivity contribution < 1.29 is 5.11 Å². The molecule has 1 nitrogen and oxygen atoms in total. The van der Waals surface area contributed by atoms with E-state index in [9.17, 15) is 0 Å². The van der Waals surface area contributed by atoms with Crippen LogP contribution in [0.3, 0.4) is 0 Å². The Kier molecular flexibility index (Phi) is 6.86. The zero-order chi connectivity index (χ0) is 10.9. The highest BCUT2D eigenvalue weighted by atomic mass is 32.2. The highest BCUT2D eigenvalue weighted by molar-refractivity contribution is 7.99. The maximum absolute atomic E-state index is 8.64. The van der Waals surface area contributed by atoms with Gasteiger partial charge < -0.3 is 5.11 Å². The molecule has 0 saturated heterocycles. The van der Waals surface area contributed by atoms with E-state index in [-0.39, 0.29) is 0 Å². The summed E-state index contributed by atoms with van der Waals surface area (Å²) in [6.45, 7) is 4.48. The van der Waals surface area contributed by atoms with E-state index in [2.05, 4.69) is 12.7 Å². The second-order valence-corrected chi connectivity index (χ2v) is 5.17. The van der Waals surface area contributed by atoms with Crippen LogP contribution < -0.4 is 0 Å². The quantitative estimate of drug-likeness (QED) is 0.670. The van der Waals surface area contributed by atoms with Crippen molar-refractivity contribution in [3.05, 3.63) is 23.8 Å². The molecule has 1 aliphatic carbocycles. The Morgan fingerprint density at radius 1 is 1.40 bits per heavy atom. The fraction of sp³-hybridized carbons (Fsp3) is 0.692. The Balaban J connectivity index is 2.10. The predicted octanol–water partition coefficient (Wildman–Crippen LogP) is 3.55. The molecule has 0 fully saturated rings. The second-order valence-electron chi connectivity index (χ2n) is 4.06. The molecule has 0 heterocycles. The van der Waals surface area contributed by atoms with Crippen molar-refractivity contribution >= 4 is 11.8 Å². The van der Waals surface area contributed by atoms with Crippen molar-refractivity contribution in [3.8, 4) is 0 Å². The monoisotopic (exact) mass is 226 g/mol. The molecule has 0 atom stereocenters. The van der Waals surface area contributed by atoms with Gasteiger partial charge in [-0.15, -0.1) is 0 Å². The molecule has 0 aliphatic heterocycles. The molecule has 0 amide bonds. The summed E-state index contributed by atoms with van der Waals surface area (Å²) in [5.41, 5.74) is 2.82. The van der Waals surface area contributed by atoms with Gasteiger partial charge in [0.1, 0.15) is 0 Å². The lowest BCUT2D eigenvalue weighted by atomic mass is 9.95. The summed E-state index contributed by atoms with van der Waals surface area (Å²) in [6, 6.07) is 0. The first kappa shape index (κ1) is 12.9. The molecular formula is C13H22OS. The van der Waals surface area contributed by atoms with E-state index >= 15 is 0 Å². The number of aliphatic hydroxyl groups excluding tert-OH is 1. The molecule has 0 aromatic rings. The van der Waals surface area contributed by atoms with Crippen LogP contribution >= 0.6 is 11.8 Å². The van der Waals surface area contributed by atoms with E-state index in [1.807, 2.05) is 11.8 Å². The molecule has 15 heavy (non-hydrogen) atoms. The van der Waals surface area contributed by atoms with Crippen LogP contribution in [-0.4, -0.2) is 23.2 Å². The molecule has 0 spiro atoms. The first-order valence-corrected chi connectivity index (χ1v) is 7.06. The third kappa shape index (κ3) is 5.43. The molecule has 1 aliphatic rings. The Hall–Kier alpha value is -0.210. The van der Waals surface area contributed by atoms with Crippen LogP contribution in [0.1, 0.15) is 38.5 Å². The van der Waals surface area contributed by atoms with Crippen molar-refractivity contribution in [1.82, 2.24) is 0 Å². The van der Waals surface area contributed by atoms with Crippen LogP contribution in [0.4, 0.5) is 0 Å². The van der Waals surface area contributed by atoms with Crippen LogP contribution in [0.15, 0.2) is 23.8 Å². The van der Waals surface area contributed by atoms with Gasteiger partial charge in [-0.3, -0.25) is 0 Å². The average Bonchev–Trinajstić information content (AvgIpc) is 2.30. The highest BCUT2D eigenvalue weighted by Crippen LogP contribution is 2.25. The predicted molar refractivity (Wildman–Crippen MR) is 69.3 cm³/mol. The summed E-state index contributed by atoms with van der Waals surface area (Å²) in [7, 11) is 0. The number of rotatable bonds is 7. The number of thioether (sulfide) groups is 1.